The van der Waals surface area contributed by atoms with Crippen molar-refractivity contribution >= 4 is 5.95 Å². The van der Waals surface area contributed by atoms with E-state index < -0.39 is 0 Å². The fourth-order valence-corrected chi connectivity index (χ4v) is 3.46. The molecule has 1 aliphatic heterocycles. The summed E-state index contributed by atoms with van der Waals surface area (Å²) in [5.74, 6) is 2.60. The van der Waals surface area contributed by atoms with Crippen molar-refractivity contribution in [2.75, 3.05) is 5.32 Å². The summed E-state index contributed by atoms with van der Waals surface area (Å²) >= 11 is 0. The molecule has 0 saturated heterocycles. The van der Waals surface area contributed by atoms with Crippen molar-refractivity contribution in [3.8, 4) is 11.3 Å². The van der Waals surface area contributed by atoms with Gasteiger partial charge in [-0.2, -0.15) is 5.10 Å². The second kappa shape index (κ2) is 6.27. The molecule has 3 aromatic heterocycles. The number of hydrogen-bond donors (Lipinski definition) is 1. The van der Waals surface area contributed by atoms with Crippen LogP contribution in [0.2, 0.25) is 0 Å². The second-order valence-electron chi connectivity index (χ2n) is 6.27. The van der Waals surface area contributed by atoms with Crippen LogP contribution in [-0.2, 0) is 26.1 Å². The molecule has 3 aromatic rings. The molecule has 0 amide bonds. The largest absolute Gasteiger partial charge is 0.347 e. The van der Waals surface area contributed by atoms with E-state index in [9.17, 15) is 0 Å². The van der Waals surface area contributed by atoms with Gasteiger partial charge in [-0.15, -0.1) is 10.2 Å². The summed E-state index contributed by atoms with van der Waals surface area (Å²) < 4.78 is 4.18. The molecule has 4 heterocycles. The van der Waals surface area contributed by atoms with Crippen molar-refractivity contribution < 1.29 is 0 Å². The van der Waals surface area contributed by atoms with Gasteiger partial charge in [-0.25, -0.2) is 9.97 Å². The van der Waals surface area contributed by atoms with Gasteiger partial charge in [0.2, 0.25) is 5.95 Å². The second-order valence-corrected chi connectivity index (χ2v) is 6.27. The molecule has 1 aliphatic rings. The van der Waals surface area contributed by atoms with Gasteiger partial charge in [-0.1, -0.05) is 0 Å². The summed E-state index contributed by atoms with van der Waals surface area (Å²) in [4.78, 5) is 9.01. The molecule has 0 saturated carbocycles. The van der Waals surface area contributed by atoms with E-state index in [2.05, 4.69) is 49.0 Å². The van der Waals surface area contributed by atoms with Crippen LogP contribution in [0.3, 0.4) is 0 Å². The Morgan fingerprint density at radius 3 is 2.92 bits per heavy atom. The summed E-state index contributed by atoms with van der Waals surface area (Å²) in [5, 5.41) is 16.3. The molecule has 4 rings (SSSR count). The van der Waals surface area contributed by atoms with Crippen molar-refractivity contribution in [3.05, 3.63) is 35.3 Å². The minimum absolute atomic E-state index is 0.572. The van der Waals surface area contributed by atoms with E-state index >= 15 is 0 Å². The lowest BCUT2D eigenvalue weighted by atomic mass is 10.1. The van der Waals surface area contributed by atoms with Crippen molar-refractivity contribution in [2.45, 2.75) is 53.2 Å². The highest BCUT2D eigenvalue weighted by Crippen LogP contribution is 2.25. The Morgan fingerprint density at radius 1 is 1.24 bits per heavy atom. The van der Waals surface area contributed by atoms with Gasteiger partial charge in [0, 0.05) is 37.0 Å². The van der Waals surface area contributed by atoms with Gasteiger partial charge in [-0.05, 0) is 33.3 Å². The number of rotatable bonds is 5. The Hall–Kier alpha value is -2.77. The van der Waals surface area contributed by atoms with Gasteiger partial charge in [-0.3, -0.25) is 4.68 Å². The molecule has 0 radical (unpaired) electrons. The monoisotopic (exact) mass is 338 g/mol. The third-order valence-corrected chi connectivity index (χ3v) is 4.68. The lowest BCUT2D eigenvalue weighted by Crippen LogP contribution is -2.09. The average Bonchev–Trinajstić information content (AvgIpc) is 3.28. The van der Waals surface area contributed by atoms with Crippen LogP contribution >= 0.6 is 0 Å². The molecule has 130 valence electrons. The third kappa shape index (κ3) is 2.77. The molecule has 8 nitrogen and oxygen atoms in total. The smallest absolute Gasteiger partial charge is 0.223 e. The minimum Gasteiger partial charge on any atom is -0.347 e. The first-order chi connectivity index (χ1) is 12.2. The molecule has 25 heavy (non-hydrogen) atoms. The van der Waals surface area contributed by atoms with Crippen LogP contribution in [0.1, 0.15) is 36.4 Å². The summed E-state index contributed by atoms with van der Waals surface area (Å²) in [7, 11) is 0. The van der Waals surface area contributed by atoms with Gasteiger partial charge >= 0.3 is 0 Å². The van der Waals surface area contributed by atoms with Crippen molar-refractivity contribution in [1.82, 2.24) is 34.5 Å². The highest BCUT2D eigenvalue weighted by molar-refractivity contribution is 5.65. The zero-order valence-corrected chi connectivity index (χ0v) is 14.8. The maximum atomic E-state index is 4.67. The van der Waals surface area contributed by atoms with E-state index in [-0.39, 0.29) is 0 Å². The number of hydrogen-bond acceptors (Lipinski definition) is 6. The van der Waals surface area contributed by atoms with Crippen LogP contribution in [0.15, 0.2) is 12.3 Å². The molecule has 0 atom stereocenters. The Bertz CT molecular complexity index is 908. The zero-order chi connectivity index (χ0) is 17.4. The molecule has 0 aromatic carbocycles. The molecule has 1 N–H and O–H groups in total. The van der Waals surface area contributed by atoms with E-state index in [0.29, 0.717) is 12.5 Å². The molecule has 0 unspecified atom stereocenters. The standard InChI is InChI=1S/C17H22N8/c1-4-25-12(3)16(11(2)23-25)13-7-8-18-17(20-13)19-10-15-22-21-14-6-5-9-24(14)15/h7-8H,4-6,9-10H2,1-3H3,(H,18,19,20). The maximum absolute atomic E-state index is 4.67. The summed E-state index contributed by atoms with van der Waals surface area (Å²) in [6, 6.07) is 1.93. The van der Waals surface area contributed by atoms with Crippen LogP contribution in [-0.4, -0.2) is 34.5 Å². The van der Waals surface area contributed by atoms with E-state index in [1.165, 1.54) is 0 Å². The highest BCUT2D eigenvalue weighted by Gasteiger charge is 2.18. The fourth-order valence-electron chi connectivity index (χ4n) is 3.46. The molecular formula is C17H22N8. The predicted octanol–water partition coefficient (Wildman–Crippen LogP) is 2.13. The van der Waals surface area contributed by atoms with E-state index in [1.807, 2.05) is 17.7 Å². The molecule has 0 spiro atoms. The Balaban J connectivity index is 1.56. The zero-order valence-electron chi connectivity index (χ0n) is 14.8. The molecule has 8 heteroatoms. The Morgan fingerprint density at radius 2 is 2.12 bits per heavy atom. The summed E-state index contributed by atoms with van der Waals surface area (Å²) in [6.07, 6.45) is 3.93. The molecule has 0 aliphatic carbocycles. The maximum Gasteiger partial charge on any atom is 0.223 e. The quantitative estimate of drug-likeness (QED) is 0.767. The Labute approximate surface area is 146 Å². The minimum atomic E-state index is 0.572. The van der Waals surface area contributed by atoms with Crippen LogP contribution in [0, 0.1) is 13.8 Å². The summed E-state index contributed by atoms with van der Waals surface area (Å²) in [5.41, 5.74) is 4.08. The number of anilines is 1. The fraction of sp³-hybridized carbons (Fsp3) is 0.471. The number of aromatic nitrogens is 7. The van der Waals surface area contributed by atoms with Gasteiger partial charge in [0.15, 0.2) is 5.82 Å². The van der Waals surface area contributed by atoms with Crippen molar-refractivity contribution in [1.29, 1.82) is 0 Å². The van der Waals surface area contributed by atoms with Gasteiger partial charge in [0.25, 0.3) is 0 Å². The predicted molar refractivity (Wildman–Crippen MR) is 94.1 cm³/mol. The van der Waals surface area contributed by atoms with Gasteiger partial charge in [0.05, 0.1) is 17.9 Å². The van der Waals surface area contributed by atoms with Crippen LogP contribution in [0.25, 0.3) is 11.3 Å². The van der Waals surface area contributed by atoms with Crippen molar-refractivity contribution in [3.63, 3.8) is 0 Å². The van der Waals surface area contributed by atoms with E-state index in [1.54, 1.807) is 6.20 Å². The SMILES string of the molecule is CCn1nc(C)c(-c2ccnc(NCc3nnc4n3CCC4)n2)c1C. The van der Waals surface area contributed by atoms with Crippen LogP contribution < -0.4 is 5.32 Å². The number of fused-ring (bicyclic) bond motifs is 1. The number of aryl methyl sites for hydroxylation is 3. The summed E-state index contributed by atoms with van der Waals surface area (Å²) in [6.45, 7) is 8.60. The first kappa shape index (κ1) is 15.7. The first-order valence-electron chi connectivity index (χ1n) is 8.69. The average molecular weight is 338 g/mol. The normalized spacial score (nSPS) is 13.2. The highest BCUT2D eigenvalue weighted by atomic mass is 15.3. The molecule has 0 bridgehead atoms. The topological polar surface area (TPSA) is 86.3 Å². The Kier molecular flexibility index (Phi) is 3.95. The first-order valence-corrected chi connectivity index (χ1v) is 8.69. The number of nitrogens with zero attached hydrogens (tertiary/aromatic N) is 7. The van der Waals surface area contributed by atoms with Gasteiger partial charge < -0.3 is 9.88 Å². The third-order valence-electron chi connectivity index (χ3n) is 4.68. The van der Waals surface area contributed by atoms with Crippen molar-refractivity contribution in [2.24, 2.45) is 0 Å². The van der Waals surface area contributed by atoms with E-state index in [0.717, 1.165) is 60.2 Å². The van der Waals surface area contributed by atoms with Crippen LogP contribution in [0.5, 0.6) is 0 Å². The lowest BCUT2D eigenvalue weighted by Gasteiger charge is -2.07. The lowest BCUT2D eigenvalue weighted by molar-refractivity contribution is 0.634. The molecular weight excluding hydrogens is 316 g/mol. The van der Waals surface area contributed by atoms with Crippen LogP contribution in [0.4, 0.5) is 5.95 Å². The molecule has 0 fully saturated rings. The van der Waals surface area contributed by atoms with E-state index in [4.69, 9.17) is 0 Å². The number of nitrogens with one attached hydrogen (secondary N) is 1. The van der Waals surface area contributed by atoms with Gasteiger partial charge in [0.1, 0.15) is 5.82 Å².